The molecule has 1 aromatic carbocycles. The van der Waals surface area contributed by atoms with Gasteiger partial charge in [0.1, 0.15) is 0 Å². The molecule has 104 valence electrons. The third kappa shape index (κ3) is 5.47. The van der Waals surface area contributed by atoms with Crippen molar-refractivity contribution < 1.29 is 5.11 Å². The van der Waals surface area contributed by atoms with Crippen LogP contribution in [0.4, 0.5) is 0 Å². The quantitative estimate of drug-likeness (QED) is 0.751. The van der Waals surface area contributed by atoms with E-state index < -0.39 is 0 Å². The summed E-state index contributed by atoms with van der Waals surface area (Å²) < 4.78 is 1.02. The molecule has 0 radical (unpaired) electrons. The lowest BCUT2D eigenvalue weighted by molar-refractivity contribution is 0.168. The topological polar surface area (TPSA) is 20.2 Å². The third-order valence-corrected chi connectivity index (χ3v) is 4.71. The molecule has 0 amide bonds. The van der Waals surface area contributed by atoms with Gasteiger partial charge >= 0.3 is 0 Å². The fourth-order valence-electron chi connectivity index (χ4n) is 1.82. The average Bonchev–Trinajstić information content (AvgIpc) is 2.88. The predicted octanol–water partition coefficient (Wildman–Crippen LogP) is 5.59. The fraction of sp³-hybridized carbons (Fsp3) is 0.375. The minimum Gasteiger partial charge on any atom is -0.388 e. The second kappa shape index (κ2) is 9.29. The fourth-order valence-corrected chi connectivity index (χ4v) is 3.48. The maximum atomic E-state index is 10.0. The van der Waals surface area contributed by atoms with Gasteiger partial charge in [-0.15, -0.1) is 11.3 Å². The Morgan fingerprint density at radius 3 is 2.42 bits per heavy atom. The van der Waals surface area contributed by atoms with Crippen molar-refractivity contribution in [3.05, 3.63) is 56.7 Å². The van der Waals surface area contributed by atoms with Crippen LogP contribution in [0.3, 0.4) is 0 Å². The first-order chi connectivity index (χ1) is 9.27. The van der Waals surface area contributed by atoms with Crippen molar-refractivity contribution in [2.75, 3.05) is 0 Å². The lowest BCUT2D eigenvalue weighted by Gasteiger charge is -2.09. The van der Waals surface area contributed by atoms with Gasteiger partial charge in [0.05, 0.1) is 6.10 Å². The van der Waals surface area contributed by atoms with Crippen LogP contribution in [-0.4, -0.2) is 5.11 Å². The van der Waals surface area contributed by atoms with Crippen LogP contribution in [0.15, 0.2) is 46.3 Å². The number of rotatable bonds is 5. The van der Waals surface area contributed by atoms with E-state index in [1.165, 1.54) is 5.56 Å². The Bertz CT molecular complexity index is 453. The lowest BCUT2D eigenvalue weighted by atomic mass is 10.1. The number of aliphatic hydroxyl groups is 1. The summed E-state index contributed by atoms with van der Waals surface area (Å²) in [5.41, 5.74) is 1.34. The molecule has 0 saturated heterocycles. The second-order valence-electron chi connectivity index (χ2n) is 4.03. The molecule has 0 bridgehead atoms. The molecule has 0 spiro atoms. The zero-order valence-corrected chi connectivity index (χ0v) is 13.9. The Kier molecular flexibility index (Phi) is 8.03. The molecule has 1 aromatic heterocycles. The van der Waals surface area contributed by atoms with Gasteiger partial charge in [0.15, 0.2) is 0 Å². The summed E-state index contributed by atoms with van der Waals surface area (Å²) in [5, 5.41) is 12.0. The molecule has 1 nitrogen and oxygen atoms in total. The van der Waals surface area contributed by atoms with Gasteiger partial charge in [-0.1, -0.05) is 44.2 Å². The van der Waals surface area contributed by atoms with Crippen molar-refractivity contribution in [3.63, 3.8) is 0 Å². The lowest BCUT2D eigenvalue weighted by Crippen LogP contribution is -1.96. The summed E-state index contributed by atoms with van der Waals surface area (Å²) in [5.74, 6) is 0. The van der Waals surface area contributed by atoms with E-state index in [2.05, 4.69) is 40.2 Å². The Balaban J connectivity index is 0.000000861. The summed E-state index contributed by atoms with van der Waals surface area (Å²) in [6, 6.07) is 12.4. The molecule has 3 heteroatoms. The van der Waals surface area contributed by atoms with E-state index >= 15 is 0 Å². The summed E-state index contributed by atoms with van der Waals surface area (Å²) in [7, 11) is 0. The standard InChI is InChI=1S/C14H15BrOS.C2H6/c15-12-9-10-17-14(12)13(16)8-4-7-11-5-2-1-3-6-11;1-2/h1-3,5-6,9-10,13,16H,4,7-8H2;1-2H3. The van der Waals surface area contributed by atoms with Crippen LogP contribution < -0.4 is 0 Å². The van der Waals surface area contributed by atoms with Crippen molar-refractivity contribution in [3.8, 4) is 0 Å². The van der Waals surface area contributed by atoms with Crippen LogP contribution in [-0.2, 0) is 6.42 Å². The molecular formula is C16H21BrOS. The Labute approximate surface area is 128 Å². The maximum Gasteiger partial charge on any atom is 0.0893 e. The molecule has 1 N–H and O–H groups in total. The highest BCUT2D eigenvalue weighted by molar-refractivity contribution is 9.10. The first-order valence-electron chi connectivity index (χ1n) is 6.72. The van der Waals surface area contributed by atoms with Gasteiger partial charge in [-0.05, 0) is 52.2 Å². The van der Waals surface area contributed by atoms with Crippen molar-refractivity contribution in [2.45, 2.75) is 39.2 Å². The highest BCUT2D eigenvalue weighted by Gasteiger charge is 2.12. The summed E-state index contributed by atoms with van der Waals surface area (Å²) >= 11 is 5.06. The molecule has 2 aromatic rings. The van der Waals surface area contributed by atoms with Gasteiger partial charge in [-0.2, -0.15) is 0 Å². The molecule has 1 atom stereocenters. The normalized spacial score (nSPS) is 11.6. The highest BCUT2D eigenvalue weighted by atomic mass is 79.9. The van der Waals surface area contributed by atoms with Gasteiger partial charge in [0.2, 0.25) is 0 Å². The monoisotopic (exact) mass is 340 g/mol. The molecule has 0 fully saturated rings. The van der Waals surface area contributed by atoms with Crippen LogP contribution in [0.5, 0.6) is 0 Å². The number of halogens is 1. The molecule has 1 heterocycles. The van der Waals surface area contributed by atoms with Crippen LogP contribution in [0.2, 0.25) is 0 Å². The SMILES string of the molecule is CC.OC(CCCc1ccccc1)c1sccc1Br. The molecule has 0 aliphatic rings. The largest absolute Gasteiger partial charge is 0.388 e. The number of aryl methyl sites for hydroxylation is 1. The van der Waals surface area contributed by atoms with Gasteiger partial charge in [0.25, 0.3) is 0 Å². The Morgan fingerprint density at radius 2 is 1.84 bits per heavy atom. The van der Waals surface area contributed by atoms with E-state index in [1.54, 1.807) is 11.3 Å². The average molecular weight is 341 g/mol. The molecule has 0 aliphatic heterocycles. The van der Waals surface area contributed by atoms with E-state index in [0.717, 1.165) is 28.6 Å². The number of thiophene rings is 1. The third-order valence-electron chi connectivity index (χ3n) is 2.73. The van der Waals surface area contributed by atoms with E-state index in [1.807, 2.05) is 31.4 Å². The zero-order chi connectivity index (χ0) is 14.1. The van der Waals surface area contributed by atoms with Gasteiger partial charge < -0.3 is 5.11 Å². The van der Waals surface area contributed by atoms with Crippen molar-refractivity contribution in [1.82, 2.24) is 0 Å². The molecule has 1 unspecified atom stereocenters. The molecule has 19 heavy (non-hydrogen) atoms. The van der Waals surface area contributed by atoms with Crippen LogP contribution in [0.1, 0.15) is 43.2 Å². The highest BCUT2D eigenvalue weighted by Crippen LogP contribution is 2.31. The predicted molar refractivity (Wildman–Crippen MR) is 87.7 cm³/mol. The van der Waals surface area contributed by atoms with Crippen molar-refractivity contribution >= 4 is 27.3 Å². The molecular weight excluding hydrogens is 320 g/mol. The summed E-state index contributed by atoms with van der Waals surface area (Å²) in [4.78, 5) is 1.04. The Morgan fingerprint density at radius 1 is 1.16 bits per heavy atom. The van der Waals surface area contributed by atoms with Crippen LogP contribution in [0, 0.1) is 0 Å². The molecule has 0 saturated carbocycles. The number of hydrogen-bond donors (Lipinski definition) is 1. The molecule has 2 rings (SSSR count). The molecule has 0 aliphatic carbocycles. The second-order valence-corrected chi connectivity index (χ2v) is 5.83. The number of hydrogen-bond acceptors (Lipinski definition) is 2. The number of benzene rings is 1. The van der Waals surface area contributed by atoms with E-state index in [4.69, 9.17) is 0 Å². The van der Waals surface area contributed by atoms with Crippen LogP contribution in [0.25, 0.3) is 0 Å². The van der Waals surface area contributed by atoms with Crippen molar-refractivity contribution in [1.29, 1.82) is 0 Å². The summed E-state index contributed by atoms with van der Waals surface area (Å²) in [6.07, 6.45) is 2.51. The first-order valence-corrected chi connectivity index (χ1v) is 8.39. The minimum atomic E-state index is -0.340. The number of aliphatic hydroxyl groups excluding tert-OH is 1. The summed E-state index contributed by atoms with van der Waals surface area (Å²) in [6.45, 7) is 4.00. The van der Waals surface area contributed by atoms with E-state index in [-0.39, 0.29) is 6.10 Å². The van der Waals surface area contributed by atoms with E-state index in [0.29, 0.717) is 0 Å². The van der Waals surface area contributed by atoms with Crippen LogP contribution >= 0.6 is 27.3 Å². The van der Waals surface area contributed by atoms with Gasteiger partial charge in [-0.25, -0.2) is 0 Å². The maximum absolute atomic E-state index is 10.0. The zero-order valence-electron chi connectivity index (χ0n) is 11.5. The van der Waals surface area contributed by atoms with Gasteiger partial charge in [0, 0.05) is 9.35 Å². The smallest absolute Gasteiger partial charge is 0.0893 e. The minimum absolute atomic E-state index is 0.340. The first kappa shape index (κ1) is 16.4. The van der Waals surface area contributed by atoms with Gasteiger partial charge in [-0.3, -0.25) is 0 Å². The van der Waals surface area contributed by atoms with Crippen molar-refractivity contribution in [2.24, 2.45) is 0 Å². The Hall–Kier alpha value is -0.640. The van der Waals surface area contributed by atoms with E-state index in [9.17, 15) is 5.11 Å².